The SMILES string of the molecule is Cc1nc(NCC2CC3(CC3)C2)nc(N[C@@H]2C[C@H](CO)[C@@H](O)[C@H]2O)c1-c1nc2c(C)nccc2s1. The Labute approximate surface area is 208 Å². The molecule has 186 valence electrons. The third-order valence-electron chi connectivity index (χ3n) is 8.10. The fraction of sp³-hybridized carbons (Fsp3) is 0.600. The Balaban J connectivity index is 1.33. The van der Waals surface area contributed by atoms with Gasteiger partial charge in [-0.2, -0.15) is 4.98 Å². The number of aromatic nitrogens is 4. The monoisotopic (exact) mass is 496 g/mol. The van der Waals surface area contributed by atoms with Crippen molar-refractivity contribution in [3.8, 4) is 10.6 Å². The van der Waals surface area contributed by atoms with Gasteiger partial charge in [0.1, 0.15) is 22.4 Å². The molecule has 3 heterocycles. The Morgan fingerprint density at radius 3 is 2.57 bits per heavy atom. The molecule has 0 saturated heterocycles. The van der Waals surface area contributed by atoms with Crippen molar-refractivity contribution in [2.24, 2.45) is 17.3 Å². The van der Waals surface area contributed by atoms with Crippen LogP contribution < -0.4 is 10.6 Å². The van der Waals surface area contributed by atoms with Gasteiger partial charge >= 0.3 is 0 Å². The molecule has 4 atom stereocenters. The second-order valence-electron chi connectivity index (χ2n) is 10.7. The summed E-state index contributed by atoms with van der Waals surface area (Å²) in [6.07, 6.45) is 5.58. The minimum atomic E-state index is -1.00. The lowest BCUT2D eigenvalue weighted by Gasteiger charge is -2.35. The van der Waals surface area contributed by atoms with Crippen molar-refractivity contribution in [3.05, 3.63) is 23.7 Å². The molecule has 0 radical (unpaired) electrons. The van der Waals surface area contributed by atoms with Crippen LogP contribution in [0.1, 0.15) is 43.5 Å². The van der Waals surface area contributed by atoms with E-state index in [-0.39, 0.29) is 12.5 Å². The molecule has 1 spiro atoms. The molecule has 6 rings (SSSR count). The van der Waals surface area contributed by atoms with Crippen LogP contribution in [0, 0.1) is 31.1 Å². The van der Waals surface area contributed by atoms with Crippen LogP contribution >= 0.6 is 11.3 Å². The maximum atomic E-state index is 10.6. The summed E-state index contributed by atoms with van der Waals surface area (Å²) in [4.78, 5) is 18.8. The second-order valence-corrected chi connectivity index (χ2v) is 11.7. The van der Waals surface area contributed by atoms with E-state index in [1.54, 1.807) is 17.5 Å². The zero-order valence-corrected chi connectivity index (χ0v) is 20.8. The Hall–Kier alpha value is -2.40. The van der Waals surface area contributed by atoms with E-state index in [1.807, 2.05) is 19.9 Å². The molecule has 0 amide bonds. The molecule has 3 saturated carbocycles. The van der Waals surface area contributed by atoms with Gasteiger partial charge in [-0.15, -0.1) is 11.3 Å². The van der Waals surface area contributed by atoms with E-state index < -0.39 is 18.2 Å². The van der Waals surface area contributed by atoms with Gasteiger partial charge in [0.2, 0.25) is 5.95 Å². The molecular formula is C25H32N6O3S. The molecule has 0 aliphatic heterocycles. The number of aryl methyl sites for hydroxylation is 2. The van der Waals surface area contributed by atoms with Gasteiger partial charge in [-0.25, -0.2) is 9.97 Å². The van der Waals surface area contributed by atoms with Crippen LogP contribution in [0.25, 0.3) is 20.8 Å². The van der Waals surface area contributed by atoms with Crippen LogP contribution in [0.4, 0.5) is 11.8 Å². The molecule has 0 unspecified atom stereocenters. The van der Waals surface area contributed by atoms with E-state index in [2.05, 4.69) is 15.6 Å². The molecule has 0 bridgehead atoms. The van der Waals surface area contributed by atoms with Crippen LogP contribution in [0.2, 0.25) is 0 Å². The quantitative estimate of drug-likeness (QED) is 0.334. The molecule has 3 aromatic rings. The smallest absolute Gasteiger partial charge is 0.224 e. The van der Waals surface area contributed by atoms with Gasteiger partial charge in [0.15, 0.2) is 0 Å². The molecular weight excluding hydrogens is 464 g/mol. The van der Waals surface area contributed by atoms with Crippen LogP contribution in [0.15, 0.2) is 12.3 Å². The Morgan fingerprint density at radius 1 is 1.09 bits per heavy atom. The van der Waals surface area contributed by atoms with Gasteiger partial charge in [0.05, 0.1) is 33.8 Å². The third-order valence-corrected chi connectivity index (χ3v) is 9.14. The molecule has 5 N–H and O–H groups in total. The number of pyridine rings is 1. The predicted molar refractivity (Wildman–Crippen MR) is 135 cm³/mol. The molecule has 3 aliphatic carbocycles. The van der Waals surface area contributed by atoms with E-state index in [1.165, 1.54) is 25.7 Å². The fourth-order valence-corrected chi connectivity index (χ4v) is 6.97. The van der Waals surface area contributed by atoms with Crippen molar-refractivity contribution in [1.82, 2.24) is 19.9 Å². The Morgan fingerprint density at radius 2 is 1.89 bits per heavy atom. The first-order valence-corrected chi connectivity index (χ1v) is 13.3. The number of rotatable bonds is 7. The lowest BCUT2D eigenvalue weighted by atomic mass is 9.72. The van der Waals surface area contributed by atoms with Crippen LogP contribution in [0.3, 0.4) is 0 Å². The highest BCUT2D eigenvalue weighted by Gasteiger charge is 2.52. The molecule has 10 heteroatoms. The highest BCUT2D eigenvalue weighted by Crippen LogP contribution is 2.63. The summed E-state index contributed by atoms with van der Waals surface area (Å²) >= 11 is 1.56. The number of nitrogens with zero attached hydrogens (tertiary/aromatic N) is 4. The van der Waals surface area contributed by atoms with Crippen molar-refractivity contribution in [3.63, 3.8) is 0 Å². The van der Waals surface area contributed by atoms with Crippen molar-refractivity contribution in [2.75, 3.05) is 23.8 Å². The maximum Gasteiger partial charge on any atom is 0.224 e. The summed E-state index contributed by atoms with van der Waals surface area (Å²) in [5.74, 6) is 1.41. The van der Waals surface area contributed by atoms with E-state index in [4.69, 9.17) is 15.0 Å². The molecule has 9 nitrogen and oxygen atoms in total. The number of hydrogen-bond donors (Lipinski definition) is 5. The summed E-state index contributed by atoms with van der Waals surface area (Å²) in [5.41, 5.74) is 3.95. The van der Waals surface area contributed by atoms with Crippen molar-refractivity contribution in [2.45, 2.75) is 64.2 Å². The lowest BCUT2D eigenvalue weighted by molar-refractivity contribution is 0.00446. The molecule has 0 aromatic carbocycles. The maximum absolute atomic E-state index is 10.6. The number of fused-ring (bicyclic) bond motifs is 1. The normalized spacial score (nSPS) is 27.3. The average molecular weight is 497 g/mol. The zero-order chi connectivity index (χ0) is 24.3. The minimum absolute atomic E-state index is 0.175. The largest absolute Gasteiger partial charge is 0.396 e. The van der Waals surface area contributed by atoms with Gasteiger partial charge in [-0.1, -0.05) is 0 Å². The highest BCUT2D eigenvalue weighted by molar-refractivity contribution is 7.21. The number of aliphatic hydroxyl groups excluding tert-OH is 3. The zero-order valence-electron chi connectivity index (χ0n) is 20.0. The topological polar surface area (TPSA) is 136 Å². The van der Waals surface area contributed by atoms with E-state index in [9.17, 15) is 15.3 Å². The van der Waals surface area contributed by atoms with Crippen molar-refractivity contribution < 1.29 is 15.3 Å². The van der Waals surface area contributed by atoms with Gasteiger partial charge in [0.25, 0.3) is 0 Å². The summed E-state index contributed by atoms with van der Waals surface area (Å²) in [5, 5.41) is 38.2. The average Bonchev–Trinajstić information content (AvgIpc) is 3.42. The van der Waals surface area contributed by atoms with E-state index >= 15 is 0 Å². The number of nitrogens with one attached hydrogen (secondary N) is 2. The summed E-state index contributed by atoms with van der Waals surface area (Å²) in [6, 6.07) is 1.51. The number of thiazole rings is 1. The number of hydrogen-bond acceptors (Lipinski definition) is 10. The Bertz CT molecular complexity index is 1250. The highest BCUT2D eigenvalue weighted by atomic mass is 32.1. The van der Waals surface area contributed by atoms with Crippen LogP contribution in [-0.4, -0.2) is 66.7 Å². The predicted octanol–water partition coefficient (Wildman–Crippen LogP) is 2.88. The van der Waals surface area contributed by atoms with Crippen LogP contribution in [0.5, 0.6) is 0 Å². The minimum Gasteiger partial charge on any atom is -0.396 e. The molecule has 3 fully saturated rings. The van der Waals surface area contributed by atoms with E-state index in [0.717, 1.165) is 38.7 Å². The third kappa shape index (κ3) is 4.16. The summed E-state index contributed by atoms with van der Waals surface area (Å²) in [7, 11) is 0. The van der Waals surface area contributed by atoms with Gasteiger partial charge in [0, 0.05) is 25.3 Å². The summed E-state index contributed by atoms with van der Waals surface area (Å²) < 4.78 is 1.04. The first-order valence-electron chi connectivity index (χ1n) is 12.4. The fourth-order valence-electron chi connectivity index (χ4n) is 5.86. The first-order chi connectivity index (χ1) is 16.9. The van der Waals surface area contributed by atoms with Gasteiger partial charge in [-0.05, 0) is 63.4 Å². The Kier molecular flexibility index (Phi) is 5.67. The summed E-state index contributed by atoms with van der Waals surface area (Å²) in [6.45, 7) is 4.57. The first kappa shape index (κ1) is 23.0. The van der Waals surface area contributed by atoms with Gasteiger partial charge < -0.3 is 26.0 Å². The van der Waals surface area contributed by atoms with Crippen molar-refractivity contribution >= 4 is 33.3 Å². The lowest BCUT2D eigenvalue weighted by Crippen LogP contribution is -2.36. The number of anilines is 2. The van der Waals surface area contributed by atoms with Gasteiger partial charge in [-0.3, -0.25) is 4.98 Å². The number of aliphatic hydroxyl groups is 3. The second kappa shape index (κ2) is 8.62. The van der Waals surface area contributed by atoms with E-state index in [0.29, 0.717) is 29.5 Å². The van der Waals surface area contributed by atoms with Crippen LogP contribution in [-0.2, 0) is 0 Å². The molecule has 3 aliphatic rings. The molecule has 35 heavy (non-hydrogen) atoms. The standard InChI is InChI=1S/C25H32N6O3S/c1-12-18(23-30-19-13(2)26-6-3-17(19)35-23)22(29-16-7-15(11-32)20(33)21(16)34)31-24(28-12)27-10-14-8-25(9-14)4-5-25/h3,6,14-16,20-21,32-34H,4-5,7-11H2,1-2H3,(H2,27,28,29,31)/t15-,16-,20-,21+/m1/s1. The molecule has 3 aromatic heterocycles. The van der Waals surface area contributed by atoms with Crippen molar-refractivity contribution in [1.29, 1.82) is 0 Å².